The lowest BCUT2D eigenvalue weighted by molar-refractivity contribution is 1.40. The van der Waals surface area contributed by atoms with Gasteiger partial charge in [0.15, 0.2) is 0 Å². The van der Waals surface area contributed by atoms with E-state index >= 15 is 0 Å². The highest BCUT2D eigenvalue weighted by Crippen LogP contribution is 2.39. The molecule has 254 valence electrons. The van der Waals surface area contributed by atoms with E-state index in [0.29, 0.717) is 0 Å². The Morgan fingerprint density at radius 2 is 0.630 bits per heavy atom. The van der Waals surface area contributed by atoms with E-state index in [1.54, 1.807) is 0 Å². The molecule has 2 nitrogen and oxygen atoms in total. The van der Waals surface area contributed by atoms with Crippen LogP contribution in [0.15, 0.2) is 182 Å². The maximum absolute atomic E-state index is 5.18. The first-order valence-corrected chi connectivity index (χ1v) is 18.6. The summed E-state index contributed by atoms with van der Waals surface area (Å²) in [5.41, 5.74) is 15.9. The fourth-order valence-electron chi connectivity index (χ4n) is 7.94. The van der Waals surface area contributed by atoms with Gasteiger partial charge in [-0.3, -0.25) is 0 Å². The molecule has 0 saturated heterocycles. The molecule has 0 aliphatic heterocycles. The molecule has 0 amide bonds. The van der Waals surface area contributed by atoms with Crippen LogP contribution in [-0.4, -0.2) is 9.97 Å². The number of nitrogens with zero attached hydrogens (tertiary/aromatic N) is 2. The quantitative estimate of drug-likeness (QED) is 0.168. The summed E-state index contributed by atoms with van der Waals surface area (Å²) in [7, 11) is 0. The normalized spacial score (nSPS) is 11.5. The molecule has 2 aromatic heterocycles. The minimum atomic E-state index is 0.979. The number of fused-ring (bicyclic) bond motifs is 6. The van der Waals surface area contributed by atoms with Gasteiger partial charge in [-0.25, -0.2) is 9.97 Å². The molecule has 0 aliphatic carbocycles. The lowest BCUT2D eigenvalue weighted by Gasteiger charge is -2.15. The molecule has 0 atom stereocenters. The van der Waals surface area contributed by atoms with Crippen molar-refractivity contribution in [3.8, 4) is 55.9 Å². The maximum Gasteiger partial charge on any atom is 0.0787 e. The smallest absolute Gasteiger partial charge is 0.0787 e. The van der Waals surface area contributed by atoms with Gasteiger partial charge >= 0.3 is 0 Å². The SMILES string of the molecule is Cc1ccc2ccc3ccc(-c4ccc(-c5ccccc5-c5ccccc5-c5ccc(-c6ccc7ccc8ccc(C)cc8c7n6)cc5)cc4)nc3c2c1. The minimum Gasteiger partial charge on any atom is -0.247 e. The molecular weight excluding hydrogens is 653 g/mol. The zero-order valence-electron chi connectivity index (χ0n) is 30.2. The van der Waals surface area contributed by atoms with Crippen LogP contribution in [0.25, 0.3) is 99.2 Å². The predicted octanol–water partition coefficient (Wildman–Crippen LogP) is 14.0. The Hall–Kier alpha value is -6.90. The molecule has 10 aromatic rings. The van der Waals surface area contributed by atoms with Gasteiger partial charge in [-0.2, -0.15) is 0 Å². The lowest BCUT2D eigenvalue weighted by atomic mass is 9.89. The van der Waals surface area contributed by atoms with Crippen molar-refractivity contribution in [3.63, 3.8) is 0 Å². The first-order chi connectivity index (χ1) is 26.6. The average molecular weight is 689 g/mol. The number of pyridine rings is 2. The third kappa shape index (κ3) is 5.60. The Morgan fingerprint density at radius 3 is 1.06 bits per heavy atom. The van der Waals surface area contributed by atoms with Gasteiger partial charge in [0.2, 0.25) is 0 Å². The van der Waals surface area contributed by atoms with Crippen LogP contribution in [0.5, 0.6) is 0 Å². The molecule has 0 unspecified atom stereocenters. The highest BCUT2D eigenvalue weighted by molar-refractivity contribution is 6.07. The van der Waals surface area contributed by atoms with Crippen LogP contribution in [0.3, 0.4) is 0 Å². The summed E-state index contributed by atoms with van der Waals surface area (Å²) in [5.74, 6) is 0. The highest BCUT2D eigenvalue weighted by atomic mass is 14.7. The molecular formula is C52H36N2. The van der Waals surface area contributed by atoms with Crippen LogP contribution in [0, 0.1) is 13.8 Å². The number of aromatic nitrogens is 2. The summed E-state index contributed by atoms with van der Waals surface area (Å²) < 4.78 is 0. The Kier molecular flexibility index (Phi) is 7.63. The highest BCUT2D eigenvalue weighted by Gasteiger charge is 2.14. The van der Waals surface area contributed by atoms with Crippen LogP contribution in [0.2, 0.25) is 0 Å². The molecule has 8 aromatic carbocycles. The van der Waals surface area contributed by atoms with Crippen molar-refractivity contribution >= 4 is 43.4 Å². The molecule has 0 bridgehead atoms. The zero-order valence-corrected chi connectivity index (χ0v) is 30.2. The number of hydrogen-bond acceptors (Lipinski definition) is 2. The largest absolute Gasteiger partial charge is 0.247 e. The molecule has 0 saturated carbocycles. The first kappa shape index (κ1) is 31.8. The summed E-state index contributed by atoms with van der Waals surface area (Å²) in [6.45, 7) is 4.28. The van der Waals surface area contributed by atoms with Gasteiger partial charge < -0.3 is 0 Å². The minimum absolute atomic E-state index is 0.979. The van der Waals surface area contributed by atoms with Crippen molar-refractivity contribution in [1.82, 2.24) is 9.97 Å². The number of rotatable bonds is 5. The Labute approximate surface area is 315 Å². The van der Waals surface area contributed by atoms with E-state index < -0.39 is 0 Å². The van der Waals surface area contributed by atoms with Gasteiger partial charge in [-0.05, 0) is 82.3 Å². The van der Waals surface area contributed by atoms with Gasteiger partial charge in [-0.15, -0.1) is 0 Å². The van der Waals surface area contributed by atoms with Crippen LogP contribution in [-0.2, 0) is 0 Å². The standard InChI is InChI=1S/C52H36N2/c1-33-11-13-37-19-25-41-27-29-49(53-51(41)47(37)31-33)39-21-15-35(16-22-39)43-7-3-5-9-45(43)46-10-6-4-8-44(46)36-17-23-40(24-18-36)50-30-28-42-26-20-38-14-12-34(2)32-48(38)52(42)54-50/h3-32H,1-2H3. The second kappa shape index (κ2) is 12.9. The van der Waals surface area contributed by atoms with E-state index in [2.05, 4.69) is 196 Å². The summed E-state index contributed by atoms with van der Waals surface area (Å²) >= 11 is 0. The molecule has 0 spiro atoms. The third-order valence-electron chi connectivity index (χ3n) is 10.8. The lowest BCUT2D eigenvalue weighted by Crippen LogP contribution is -1.91. The summed E-state index contributed by atoms with van der Waals surface area (Å²) in [5, 5.41) is 7.14. The molecule has 54 heavy (non-hydrogen) atoms. The van der Waals surface area contributed by atoms with Crippen molar-refractivity contribution in [2.24, 2.45) is 0 Å². The van der Waals surface area contributed by atoms with Crippen LogP contribution in [0.4, 0.5) is 0 Å². The molecule has 2 heteroatoms. The number of hydrogen-bond donors (Lipinski definition) is 0. The second-order valence-corrected chi connectivity index (χ2v) is 14.4. The van der Waals surface area contributed by atoms with Crippen molar-refractivity contribution in [2.75, 3.05) is 0 Å². The molecule has 2 heterocycles. The average Bonchev–Trinajstić information content (AvgIpc) is 3.23. The summed E-state index contributed by atoms with van der Waals surface area (Å²) in [6, 6.07) is 65.7. The monoisotopic (exact) mass is 688 g/mol. The molecule has 10 rings (SSSR count). The van der Waals surface area contributed by atoms with Crippen LogP contribution < -0.4 is 0 Å². The van der Waals surface area contributed by atoms with E-state index in [-0.39, 0.29) is 0 Å². The van der Waals surface area contributed by atoms with Gasteiger partial charge in [0.1, 0.15) is 0 Å². The van der Waals surface area contributed by atoms with E-state index in [1.807, 2.05) is 0 Å². The Bertz CT molecular complexity index is 2840. The van der Waals surface area contributed by atoms with Gasteiger partial charge in [0.05, 0.1) is 22.4 Å². The predicted molar refractivity (Wildman–Crippen MR) is 229 cm³/mol. The maximum atomic E-state index is 5.18. The van der Waals surface area contributed by atoms with Crippen LogP contribution >= 0.6 is 0 Å². The van der Waals surface area contributed by atoms with Crippen molar-refractivity contribution in [1.29, 1.82) is 0 Å². The molecule has 0 radical (unpaired) electrons. The van der Waals surface area contributed by atoms with E-state index in [4.69, 9.17) is 9.97 Å². The first-order valence-electron chi connectivity index (χ1n) is 18.6. The topological polar surface area (TPSA) is 25.8 Å². The van der Waals surface area contributed by atoms with Gasteiger partial charge in [0, 0.05) is 32.7 Å². The molecule has 0 aliphatic rings. The molecule has 0 fully saturated rings. The van der Waals surface area contributed by atoms with E-state index in [1.165, 1.54) is 66.1 Å². The summed E-state index contributed by atoms with van der Waals surface area (Å²) in [6.07, 6.45) is 0. The number of aryl methyl sites for hydroxylation is 2. The fraction of sp³-hybridized carbons (Fsp3) is 0.0385. The van der Waals surface area contributed by atoms with Crippen LogP contribution in [0.1, 0.15) is 11.1 Å². The van der Waals surface area contributed by atoms with Gasteiger partial charge in [-0.1, -0.05) is 169 Å². The Morgan fingerprint density at radius 1 is 0.296 bits per heavy atom. The van der Waals surface area contributed by atoms with Gasteiger partial charge in [0.25, 0.3) is 0 Å². The van der Waals surface area contributed by atoms with Crippen molar-refractivity contribution < 1.29 is 0 Å². The third-order valence-corrected chi connectivity index (χ3v) is 10.8. The Balaban J connectivity index is 0.984. The second-order valence-electron chi connectivity index (χ2n) is 14.4. The van der Waals surface area contributed by atoms with E-state index in [9.17, 15) is 0 Å². The van der Waals surface area contributed by atoms with Crippen molar-refractivity contribution in [3.05, 3.63) is 193 Å². The summed E-state index contributed by atoms with van der Waals surface area (Å²) in [4.78, 5) is 10.4. The van der Waals surface area contributed by atoms with E-state index in [0.717, 1.165) is 44.3 Å². The zero-order chi connectivity index (χ0) is 36.2. The van der Waals surface area contributed by atoms with Crippen molar-refractivity contribution in [2.45, 2.75) is 13.8 Å². The molecule has 0 N–H and O–H groups in total. The fourth-order valence-corrected chi connectivity index (χ4v) is 7.94. The number of benzene rings is 8.